The zero-order valence-corrected chi connectivity index (χ0v) is 13.9. The van der Waals surface area contributed by atoms with Gasteiger partial charge in [0, 0.05) is 19.7 Å². The van der Waals surface area contributed by atoms with Crippen LogP contribution in [-0.2, 0) is 14.3 Å². The molecule has 1 atom stereocenters. The van der Waals surface area contributed by atoms with Crippen LogP contribution in [0.5, 0.6) is 0 Å². The van der Waals surface area contributed by atoms with Gasteiger partial charge in [0.1, 0.15) is 5.41 Å². The molecule has 0 aromatic rings. The van der Waals surface area contributed by atoms with E-state index in [0.717, 1.165) is 32.3 Å². The third-order valence-electron chi connectivity index (χ3n) is 5.25. The summed E-state index contributed by atoms with van der Waals surface area (Å²) in [6.45, 7) is 1.95. The summed E-state index contributed by atoms with van der Waals surface area (Å²) in [5.41, 5.74) is 0.642. The summed E-state index contributed by atoms with van der Waals surface area (Å²) < 4.78 is 5.51. The van der Waals surface area contributed by atoms with Crippen molar-refractivity contribution in [3.8, 4) is 0 Å². The Morgan fingerprint density at radius 1 is 1.17 bits per heavy atom. The molecule has 1 saturated carbocycles. The van der Waals surface area contributed by atoms with Crippen molar-refractivity contribution in [2.45, 2.75) is 63.9 Å². The highest BCUT2D eigenvalue weighted by atomic mass is 16.5. The van der Waals surface area contributed by atoms with E-state index in [1.807, 2.05) is 0 Å². The largest absolute Gasteiger partial charge is 0.376 e. The lowest BCUT2D eigenvalue weighted by molar-refractivity contribution is -0.137. The molecule has 1 unspecified atom stereocenters. The first-order valence-electron chi connectivity index (χ1n) is 9.07. The molecule has 0 bridgehead atoms. The molecular formula is C18H28N2O3. The lowest BCUT2D eigenvalue weighted by Crippen LogP contribution is -2.45. The molecule has 3 rings (SSSR count). The molecule has 2 fully saturated rings. The molecule has 2 N–H and O–H groups in total. The number of hydrogen-bond donors (Lipinski definition) is 2. The summed E-state index contributed by atoms with van der Waals surface area (Å²) >= 11 is 0. The molecule has 5 heteroatoms. The lowest BCUT2D eigenvalue weighted by Gasteiger charge is -2.18. The molecule has 0 spiro atoms. The molecule has 23 heavy (non-hydrogen) atoms. The van der Waals surface area contributed by atoms with E-state index < -0.39 is 5.41 Å². The van der Waals surface area contributed by atoms with Crippen LogP contribution in [0.2, 0.25) is 0 Å². The van der Waals surface area contributed by atoms with Crippen LogP contribution in [0, 0.1) is 5.41 Å². The van der Waals surface area contributed by atoms with Crippen LogP contribution in [0.25, 0.3) is 0 Å². The number of amides is 2. The van der Waals surface area contributed by atoms with Gasteiger partial charge in [0.2, 0.25) is 11.8 Å². The molecule has 1 heterocycles. The van der Waals surface area contributed by atoms with Crippen molar-refractivity contribution in [2.75, 3.05) is 19.7 Å². The summed E-state index contributed by atoms with van der Waals surface area (Å²) in [4.78, 5) is 24.7. The van der Waals surface area contributed by atoms with Gasteiger partial charge in [-0.1, -0.05) is 11.6 Å². The number of carbonyl (C=O) groups is 2. The number of nitrogens with one attached hydrogen (secondary N) is 2. The van der Waals surface area contributed by atoms with Gasteiger partial charge in [0.15, 0.2) is 0 Å². The highest BCUT2D eigenvalue weighted by molar-refractivity contribution is 6.07. The van der Waals surface area contributed by atoms with E-state index in [2.05, 4.69) is 16.7 Å². The van der Waals surface area contributed by atoms with E-state index in [0.29, 0.717) is 25.9 Å². The molecule has 1 saturated heterocycles. The lowest BCUT2D eigenvalue weighted by atomic mass is 9.97. The number of allylic oxidation sites excluding steroid dienone is 1. The van der Waals surface area contributed by atoms with Crippen molar-refractivity contribution in [1.82, 2.24) is 10.6 Å². The summed E-state index contributed by atoms with van der Waals surface area (Å²) in [5, 5.41) is 5.88. The van der Waals surface area contributed by atoms with E-state index in [4.69, 9.17) is 4.74 Å². The Morgan fingerprint density at radius 2 is 2.00 bits per heavy atom. The first-order valence-corrected chi connectivity index (χ1v) is 9.07. The maximum absolute atomic E-state index is 12.4. The Labute approximate surface area is 138 Å². The van der Waals surface area contributed by atoms with Gasteiger partial charge in [-0.25, -0.2) is 0 Å². The summed E-state index contributed by atoms with van der Waals surface area (Å²) in [6.07, 6.45) is 11.6. The van der Waals surface area contributed by atoms with Gasteiger partial charge in [0.25, 0.3) is 0 Å². The molecule has 5 nitrogen and oxygen atoms in total. The number of ether oxygens (including phenoxy) is 1. The maximum atomic E-state index is 12.4. The van der Waals surface area contributed by atoms with Crippen molar-refractivity contribution in [3.05, 3.63) is 11.6 Å². The molecule has 128 valence electrons. The van der Waals surface area contributed by atoms with Crippen LogP contribution < -0.4 is 10.6 Å². The van der Waals surface area contributed by atoms with Crippen LogP contribution in [0.4, 0.5) is 0 Å². The zero-order chi connectivity index (χ0) is 16.1. The fraction of sp³-hybridized carbons (Fsp3) is 0.778. The van der Waals surface area contributed by atoms with Crippen LogP contribution in [0.3, 0.4) is 0 Å². The molecule has 3 aliphatic rings. The molecule has 0 aromatic heterocycles. The van der Waals surface area contributed by atoms with E-state index in [-0.39, 0.29) is 17.9 Å². The van der Waals surface area contributed by atoms with Crippen molar-refractivity contribution in [2.24, 2.45) is 5.41 Å². The van der Waals surface area contributed by atoms with Gasteiger partial charge in [0.05, 0.1) is 6.10 Å². The molecule has 0 radical (unpaired) electrons. The van der Waals surface area contributed by atoms with Gasteiger partial charge in [-0.05, 0) is 57.8 Å². The summed E-state index contributed by atoms with van der Waals surface area (Å²) in [6, 6.07) is 0. The van der Waals surface area contributed by atoms with Crippen molar-refractivity contribution in [1.29, 1.82) is 0 Å². The van der Waals surface area contributed by atoms with Crippen LogP contribution in [0.15, 0.2) is 11.6 Å². The van der Waals surface area contributed by atoms with Gasteiger partial charge in [-0.3, -0.25) is 9.59 Å². The second-order valence-corrected chi connectivity index (χ2v) is 7.04. The predicted molar refractivity (Wildman–Crippen MR) is 87.8 cm³/mol. The van der Waals surface area contributed by atoms with E-state index >= 15 is 0 Å². The average molecular weight is 320 g/mol. The van der Waals surface area contributed by atoms with Crippen molar-refractivity contribution in [3.63, 3.8) is 0 Å². The topological polar surface area (TPSA) is 67.4 Å². The third kappa shape index (κ3) is 4.14. The van der Waals surface area contributed by atoms with Gasteiger partial charge >= 0.3 is 0 Å². The van der Waals surface area contributed by atoms with Gasteiger partial charge < -0.3 is 15.4 Å². The van der Waals surface area contributed by atoms with Gasteiger partial charge in [-0.2, -0.15) is 0 Å². The second kappa shape index (κ2) is 7.47. The minimum atomic E-state index is -0.806. The molecular weight excluding hydrogens is 292 g/mol. The highest BCUT2D eigenvalue weighted by Crippen LogP contribution is 2.46. The Kier molecular flexibility index (Phi) is 5.36. The minimum absolute atomic E-state index is 0.0984. The highest BCUT2D eigenvalue weighted by Gasteiger charge is 2.56. The van der Waals surface area contributed by atoms with Crippen LogP contribution >= 0.6 is 0 Å². The number of carbonyl (C=O) groups excluding carboxylic acids is 2. The molecule has 2 amide bonds. The van der Waals surface area contributed by atoms with Crippen molar-refractivity contribution >= 4 is 11.8 Å². The molecule has 2 aliphatic carbocycles. The number of hydrogen-bond acceptors (Lipinski definition) is 3. The van der Waals surface area contributed by atoms with Crippen LogP contribution in [0.1, 0.15) is 57.8 Å². The Hall–Kier alpha value is -1.36. The van der Waals surface area contributed by atoms with Gasteiger partial charge in [-0.15, -0.1) is 0 Å². The Balaban J connectivity index is 1.40. The predicted octanol–water partition coefficient (Wildman–Crippen LogP) is 2.07. The van der Waals surface area contributed by atoms with E-state index in [1.54, 1.807) is 0 Å². The quantitative estimate of drug-likeness (QED) is 0.557. The standard InChI is InChI=1S/C18H28N2O3/c21-16(19-11-8-14-5-2-1-3-6-14)18(9-10-18)17(22)20-13-15-7-4-12-23-15/h5,15H,1-4,6-13H2,(H,19,21)(H,20,22). The first kappa shape index (κ1) is 16.5. The molecule has 1 aliphatic heterocycles. The second-order valence-electron chi connectivity index (χ2n) is 7.04. The summed E-state index contributed by atoms with van der Waals surface area (Å²) in [7, 11) is 0. The zero-order valence-electron chi connectivity index (χ0n) is 13.9. The maximum Gasteiger partial charge on any atom is 0.235 e. The first-order chi connectivity index (χ1) is 11.2. The van der Waals surface area contributed by atoms with E-state index in [9.17, 15) is 9.59 Å². The third-order valence-corrected chi connectivity index (χ3v) is 5.25. The molecule has 0 aromatic carbocycles. The Morgan fingerprint density at radius 3 is 2.65 bits per heavy atom. The SMILES string of the molecule is O=C(NCCC1=CCCCC1)C1(C(=O)NCC2CCCO2)CC1. The normalized spacial score (nSPS) is 25.6. The average Bonchev–Trinajstić information content (AvgIpc) is 3.23. The summed E-state index contributed by atoms with van der Waals surface area (Å²) in [5.74, 6) is -0.221. The smallest absolute Gasteiger partial charge is 0.235 e. The fourth-order valence-corrected chi connectivity index (χ4v) is 3.50. The van der Waals surface area contributed by atoms with Crippen molar-refractivity contribution < 1.29 is 14.3 Å². The minimum Gasteiger partial charge on any atom is -0.376 e. The van der Waals surface area contributed by atoms with Crippen LogP contribution in [-0.4, -0.2) is 37.6 Å². The fourth-order valence-electron chi connectivity index (χ4n) is 3.50. The monoisotopic (exact) mass is 320 g/mol. The van der Waals surface area contributed by atoms with E-state index in [1.165, 1.54) is 24.8 Å². The Bertz CT molecular complexity index is 477. The number of rotatable bonds is 7.